The molecule has 0 aliphatic carbocycles. The number of likely N-dealkylation sites (N-methyl/N-ethyl adjacent to an activating group) is 1. The van der Waals surface area contributed by atoms with Crippen molar-refractivity contribution in [3.63, 3.8) is 0 Å². The van der Waals surface area contributed by atoms with Crippen LogP contribution < -0.4 is 4.90 Å². The van der Waals surface area contributed by atoms with E-state index >= 15 is 0 Å². The molecule has 0 spiro atoms. The van der Waals surface area contributed by atoms with E-state index in [9.17, 15) is 5.26 Å². The van der Waals surface area contributed by atoms with Crippen molar-refractivity contribution in [1.29, 1.82) is 5.26 Å². The zero-order valence-electron chi connectivity index (χ0n) is 12.6. The van der Waals surface area contributed by atoms with E-state index in [0.29, 0.717) is 6.04 Å². The maximum atomic E-state index is 9.56. The van der Waals surface area contributed by atoms with Crippen molar-refractivity contribution in [2.45, 2.75) is 31.2 Å². The second-order valence-corrected chi connectivity index (χ2v) is 6.66. The van der Waals surface area contributed by atoms with E-state index in [2.05, 4.69) is 55.0 Å². The van der Waals surface area contributed by atoms with Crippen molar-refractivity contribution < 1.29 is 0 Å². The number of nitriles is 1. The topological polar surface area (TPSA) is 30.3 Å². The van der Waals surface area contributed by atoms with Gasteiger partial charge in [0.05, 0.1) is 11.3 Å². The van der Waals surface area contributed by atoms with E-state index in [1.807, 2.05) is 0 Å². The molecule has 1 unspecified atom stereocenters. The lowest BCUT2D eigenvalue weighted by atomic mass is 10.1. The van der Waals surface area contributed by atoms with E-state index in [-0.39, 0.29) is 0 Å². The summed E-state index contributed by atoms with van der Waals surface area (Å²) in [6.07, 6.45) is 1.15. The van der Waals surface area contributed by atoms with Crippen LogP contribution in [0.15, 0.2) is 23.1 Å². The first kappa shape index (κ1) is 15.2. The minimum atomic E-state index is 0.441. The lowest BCUT2D eigenvalue weighted by Crippen LogP contribution is -2.38. The first-order valence-corrected chi connectivity index (χ1v) is 8.27. The van der Waals surface area contributed by atoms with Crippen LogP contribution in [0.5, 0.6) is 0 Å². The summed E-state index contributed by atoms with van der Waals surface area (Å²) in [5.74, 6) is 0.996. The molecule has 1 aromatic carbocycles. The van der Waals surface area contributed by atoms with Crippen LogP contribution in [0.3, 0.4) is 0 Å². The number of benzene rings is 1. The van der Waals surface area contributed by atoms with Gasteiger partial charge in [-0.15, -0.1) is 11.8 Å². The Bertz CT molecular complexity index is 495. The summed E-state index contributed by atoms with van der Waals surface area (Å²) in [4.78, 5) is 5.89. The van der Waals surface area contributed by atoms with E-state index in [4.69, 9.17) is 0 Å². The molecule has 4 heteroatoms. The monoisotopic (exact) mass is 289 g/mol. The van der Waals surface area contributed by atoms with Gasteiger partial charge in [0, 0.05) is 24.0 Å². The molecule has 0 N–H and O–H groups in total. The minimum Gasteiger partial charge on any atom is -0.366 e. The molecule has 0 radical (unpaired) electrons. The van der Waals surface area contributed by atoms with Gasteiger partial charge in [-0.05, 0) is 44.8 Å². The molecule has 1 aromatic rings. The Hall–Kier alpha value is -1.18. The van der Waals surface area contributed by atoms with E-state index < -0.39 is 0 Å². The SMILES string of the molecule is CCSc1cccc(N2CCCN(C)CC2C)c1C#N. The van der Waals surface area contributed by atoms with Gasteiger partial charge in [0.25, 0.3) is 0 Å². The van der Waals surface area contributed by atoms with Gasteiger partial charge >= 0.3 is 0 Å². The molecule has 20 heavy (non-hydrogen) atoms. The summed E-state index contributed by atoms with van der Waals surface area (Å²) in [5, 5.41) is 9.56. The normalized spacial score (nSPS) is 20.5. The Morgan fingerprint density at radius 1 is 1.40 bits per heavy atom. The summed E-state index contributed by atoms with van der Waals surface area (Å²) >= 11 is 1.75. The van der Waals surface area contributed by atoms with Crippen LogP contribution in [-0.2, 0) is 0 Å². The van der Waals surface area contributed by atoms with Crippen molar-refractivity contribution in [2.24, 2.45) is 0 Å². The summed E-state index contributed by atoms with van der Waals surface area (Å²) in [6, 6.07) is 9.10. The minimum absolute atomic E-state index is 0.441. The van der Waals surface area contributed by atoms with Crippen molar-refractivity contribution in [2.75, 3.05) is 37.3 Å². The first-order chi connectivity index (χ1) is 9.67. The number of thioether (sulfide) groups is 1. The fourth-order valence-corrected chi connectivity index (χ4v) is 3.66. The fourth-order valence-electron chi connectivity index (χ4n) is 2.88. The van der Waals surface area contributed by atoms with Crippen molar-refractivity contribution in [1.82, 2.24) is 4.90 Å². The third-order valence-electron chi connectivity index (χ3n) is 3.77. The predicted octanol–water partition coefficient (Wildman–Crippen LogP) is 3.20. The third-order valence-corrected chi connectivity index (χ3v) is 4.71. The van der Waals surface area contributed by atoms with Crippen molar-refractivity contribution in [3.8, 4) is 6.07 Å². The average Bonchev–Trinajstić information content (AvgIpc) is 2.59. The number of anilines is 1. The molecule has 108 valence electrons. The van der Waals surface area contributed by atoms with E-state index in [1.54, 1.807) is 11.8 Å². The van der Waals surface area contributed by atoms with Crippen LogP contribution in [0.2, 0.25) is 0 Å². The predicted molar refractivity (Wildman–Crippen MR) is 86.5 cm³/mol. The van der Waals surface area contributed by atoms with Gasteiger partial charge in [-0.3, -0.25) is 0 Å². The van der Waals surface area contributed by atoms with Crippen LogP contribution in [0.4, 0.5) is 5.69 Å². The maximum absolute atomic E-state index is 9.56. The highest BCUT2D eigenvalue weighted by molar-refractivity contribution is 7.99. The van der Waals surface area contributed by atoms with Crippen LogP contribution in [-0.4, -0.2) is 43.4 Å². The first-order valence-electron chi connectivity index (χ1n) is 7.28. The fraction of sp³-hybridized carbons (Fsp3) is 0.562. The van der Waals surface area contributed by atoms with Gasteiger partial charge in [0.1, 0.15) is 6.07 Å². The molecule has 2 rings (SSSR count). The van der Waals surface area contributed by atoms with Crippen LogP contribution >= 0.6 is 11.8 Å². The molecule has 1 atom stereocenters. The zero-order chi connectivity index (χ0) is 14.5. The Morgan fingerprint density at radius 3 is 2.90 bits per heavy atom. The molecule has 1 saturated heterocycles. The van der Waals surface area contributed by atoms with Gasteiger partial charge in [-0.2, -0.15) is 5.26 Å². The molecular formula is C16H23N3S. The number of nitrogens with zero attached hydrogens (tertiary/aromatic N) is 3. The zero-order valence-corrected chi connectivity index (χ0v) is 13.4. The van der Waals surface area contributed by atoms with E-state index in [0.717, 1.165) is 48.0 Å². The highest BCUT2D eigenvalue weighted by Crippen LogP contribution is 2.32. The van der Waals surface area contributed by atoms with Gasteiger partial charge < -0.3 is 9.80 Å². The van der Waals surface area contributed by atoms with E-state index in [1.165, 1.54) is 0 Å². The molecule has 1 fully saturated rings. The van der Waals surface area contributed by atoms with Crippen LogP contribution in [0, 0.1) is 11.3 Å². The van der Waals surface area contributed by atoms with Crippen molar-refractivity contribution in [3.05, 3.63) is 23.8 Å². The molecule has 0 saturated carbocycles. The lowest BCUT2D eigenvalue weighted by Gasteiger charge is -2.31. The summed E-state index contributed by atoms with van der Waals surface area (Å²) < 4.78 is 0. The molecule has 3 nitrogen and oxygen atoms in total. The second-order valence-electron chi connectivity index (χ2n) is 5.35. The molecule has 1 aliphatic rings. The highest BCUT2D eigenvalue weighted by atomic mass is 32.2. The lowest BCUT2D eigenvalue weighted by molar-refractivity contribution is 0.337. The second kappa shape index (κ2) is 7.01. The van der Waals surface area contributed by atoms with Gasteiger partial charge in [0.2, 0.25) is 0 Å². The Kier molecular flexibility index (Phi) is 5.33. The molecular weight excluding hydrogens is 266 g/mol. The average molecular weight is 289 g/mol. The molecule has 0 bridgehead atoms. The maximum Gasteiger partial charge on any atom is 0.103 e. The Balaban J connectivity index is 2.36. The largest absolute Gasteiger partial charge is 0.366 e. The number of hydrogen-bond acceptors (Lipinski definition) is 4. The van der Waals surface area contributed by atoms with Crippen molar-refractivity contribution >= 4 is 17.4 Å². The van der Waals surface area contributed by atoms with Gasteiger partial charge in [-0.25, -0.2) is 0 Å². The molecule has 1 heterocycles. The van der Waals surface area contributed by atoms with Gasteiger partial charge in [-0.1, -0.05) is 13.0 Å². The molecule has 1 aliphatic heterocycles. The number of rotatable bonds is 3. The smallest absolute Gasteiger partial charge is 0.103 e. The molecule has 0 aromatic heterocycles. The van der Waals surface area contributed by atoms with Crippen LogP contribution in [0.1, 0.15) is 25.8 Å². The van der Waals surface area contributed by atoms with Crippen LogP contribution in [0.25, 0.3) is 0 Å². The van der Waals surface area contributed by atoms with Gasteiger partial charge in [0.15, 0.2) is 0 Å². The quantitative estimate of drug-likeness (QED) is 0.799. The Morgan fingerprint density at radius 2 is 2.20 bits per heavy atom. The number of hydrogen-bond donors (Lipinski definition) is 0. The highest BCUT2D eigenvalue weighted by Gasteiger charge is 2.22. The summed E-state index contributed by atoms with van der Waals surface area (Å²) in [6.45, 7) is 7.59. The summed E-state index contributed by atoms with van der Waals surface area (Å²) in [5.41, 5.74) is 1.95. The summed E-state index contributed by atoms with van der Waals surface area (Å²) in [7, 11) is 2.18. The molecule has 0 amide bonds. The Labute approximate surface area is 126 Å². The standard InChI is InChI=1S/C16H23N3S/c1-4-20-16-8-5-7-15(14(16)11-17)19-10-6-9-18(3)12-13(19)2/h5,7-8,13H,4,6,9-10,12H2,1-3H3. The third kappa shape index (κ3) is 3.28.